The van der Waals surface area contributed by atoms with E-state index in [1.165, 1.54) is 110 Å². The van der Waals surface area contributed by atoms with E-state index in [1.807, 2.05) is 13.8 Å². The molecular formula is C56H45N3. The molecule has 0 amide bonds. The highest BCUT2D eigenvalue weighted by Crippen LogP contribution is 2.42. The van der Waals surface area contributed by atoms with Crippen molar-refractivity contribution >= 4 is 76.2 Å². The minimum atomic E-state index is 0. The first-order valence-electron chi connectivity index (χ1n) is 20.3. The van der Waals surface area contributed by atoms with E-state index >= 15 is 0 Å². The van der Waals surface area contributed by atoms with Crippen LogP contribution in [0.3, 0.4) is 0 Å². The van der Waals surface area contributed by atoms with Crippen molar-refractivity contribution in [1.82, 2.24) is 13.7 Å². The molecule has 0 aliphatic heterocycles. The third kappa shape index (κ3) is 5.42. The lowest BCUT2D eigenvalue weighted by atomic mass is 9.98. The fourth-order valence-electron chi connectivity index (χ4n) is 9.52. The van der Waals surface area contributed by atoms with E-state index in [4.69, 9.17) is 0 Å². The lowest BCUT2D eigenvalue weighted by Gasteiger charge is -2.09. The standard InChI is InChI=1S/C53H35N3.C2H6.CH4/c1-54-47-27-24-35(36-25-28-50-46(32-36)52-40-18-9-8-13-34(40)23-30-51(52)56(50)39-16-6-3-7-17-39)31-45(47)43-21-12-20-41(53(43)54)37-26-29-49-44(33-37)42-19-10-11-22-48(42)55(49)38-14-4-2-5-15-38;1-2;/h2-33H,1H3;1-2H3;1H4. The summed E-state index contributed by atoms with van der Waals surface area (Å²) in [4.78, 5) is 0. The maximum Gasteiger partial charge on any atom is 0.0568 e. The van der Waals surface area contributed by atoms with Crippen LogP contribution < -0.4 is 0 Å². The van der Waals surface area contributed by atoms with Crippen LogP contribution in [-0.4, -0.2) is 13.7 Å². The van der Waals surface area contributed by atoms with Crippen molar-refractivity contribution in [2.75, 3.05) is 0 Å². The first-order valence-corrected chi connectivity index (χ1v) is 20.3. The van der Waals surface area contributed by atoms with Gasteiger partial charge in [-0.3, -0.25) is 0 Å². The molecule has 59 heavy (non-hydrogen) atoms. The number of aromatic nitrogens is 3. The van der Waals surface area contributed by atoms with Crippen LogP contribution in [0.5, 0.6) is 0 Å². The summed E-state index contributed by atoms with van der Waals surface area (Å²) < 4.78 is 7.17. The SMILES string of the molecule is C.CC.Cn1c2ccc(-c3ccc4c(c3)c3c5ccccc5ccc3n4-c3ccccc3)cc2c2cccc(-c3ccc4c(c3)c3ccccc3n4-c3ccccc3)c21. The van der Waals surface area contributed by atoms with Crippen molar-refractivity contribution in [1.29, 1.82) is 0 Å². The molecule has 0 saturated heterocycles. The number of hydrogen-bond donors (Lipinski definition) is 0. The van der Waals surface area contributed by atoms with Gasteiger partial charge >= 0.3 is 0 Å². The molecule has 0 radical (unpaired) electrons. The van der Waals surface area contributed by atoms with E-state index in [9.17, 15) is 0 Å². The maximum atomic E-state index is 2.41. The van der Waals surface area contributed by atoms with Crippen molar-refractivity contribution < 1.29 is 0 Å². The third-order valence-corrected chi connectivity index (χ3v) is 12.0. The van der Waals surface area contributed by atoms with E-state index in [-0.39, 0.29) is 7.43 Å². The second kappa shape index (κ2) is 14.2. The molecule has 9 aromatic carbocycles. The van der Waals surface area contributed by atoms with Crippen LogP contribution in [-0.2, 0) is 7.05 Å². The molecule has 0 aliphatic rings. The number of benzene rings is 9. The minimum absolute atomic E-state index is 0. The van der Waals surface area contributed by atoms with Crippen LogP contribution in [0.2, 0.25) is 0 Å². The molecule has 3 heteroatoms. The summed E-state index contributed by atoms with van der Waals surface area (Å²) in [5, 5.41) is 10.2. The summed E-state index contributed by atoms with van der Waals surface area (Å²) in [6.45, 7) is 4.00. The molecule has 0 N–H and O–H groups in total. The summed E-state index contributed by atoms with van der Waals surface area (Å²) in [5.41, 5.74) is 14.6. The number of fused-ring (bicyclic) bond motifs is 11. The average molecular weight is 760 g/mol. The van der Waals surface area contributed by atoms with Gasteiger partial charge in [0.2, 0.25) is 0 Å². The Morgan fingerprint density at radius 2 is 0.831 bits per heavy atom. The minimum Gasteiger partial charge on any atom is -0.343 e. The van der Waals surface area contributed by atoms with Crippen molar-refractivity contribution in [2.24, 2.45) is 7.05 Å². The maximum absolute atomic E-state index is 2.41. The van der Waals surface area contributed by atoms with Crippen molar-refractivity contribution in [3.63, 3.8) is 0 Å². The van der Waals surface area contributed by atoms with Crippen LogP contribution in [0.4, 0.5) is 0 Å². The number of para-hydroxylation sites is 4. The van der Waals surface area contributed by atoms with E-state index in [2.05, 4.69) is 215 Å². The molecule has 0 unspecified atom stereocenters. The lowest BCUT2D eigenvalue weighted by molar-refractivity contribution is 1.02. The van der Waals surface area contributed by atoms with E-state index < -0.39 is 0 Å². The number of hydrogen-bond acceptors (Lipinski definition) is 0. The summed E-state index contributed by atoms with van der Waals surface area (Å²) in [6.07, 6.45) is 0. The second-order valence-electron chi connectivity index (χ2n) is 15.0. The Labute approximate surface area is 344 Å². The van der Waals surface area contributed by atoms with Crippen LogP contribution in [0.15, 0.2) is 194 Å². The van der Waals surface area contributed by atoms with Gasteiger partial charge in [0.25, 0.3) is 0 Å². The summed E-state index contributed by atoms with van der Waals surface area (Å²) in [6, 6.07) is 71.2. The van der Waals surface area contributed by atoms with Gasteiger partial charge in [0.05, 0.1) is 27.6 Å². The molecule has 0 aliphatic carbocycles. The molecule has 0 saturated carbocycles. The Balaban J connectivity index is 0.00000138. The molecule has 12 rings (SSSR count). The molecule has 3 nitrogen and oxygen atoms in total. The fourth-order valence-corrected chi connectivity index (χ4v) is 9.52. The highest BCUT2D eigenvalue weighted by molar-refractivity contribution is 6.22. The van der Waals surface area contributed by atoms with Crippen LogP contribution in [0, 0.1) is 0 Å². The Morgan fingerprint density at radius 3 is 1.56 bits per heavy atom. The second-order valence-corrected chi connectivity index (χ2v) is 15.0. The number of nitrogens with zero attached hydrogens (tertiary/aromatic N) is 3. The van der Waals surface area contributed by atoms with Crippen LogP contribution >= 0.6 is 0 Å². The van der Waals surface area contributed by atoms with Crippen LogP contribution in [0.1, 0.15) is 21.3 Å². The molecule has 12 aromatic rings. The Kier molecular flexibility index (Phi) is 8.69. The molecule has 3 aromatic heterocycles. The zero-order valence-electron chi connectivity index (χ0n) is 32.8. The molecule has 0 atom stereocenters. The number of aryl methyl sites for hydroxylation is 1. The molecule has 3 heterocycles. The highest BCUT2D eigenvalue weighted by atomic mass is 15.0. The lowest BCUT2D eigenvalue weighted by Crippen LogP contribution is -1.93. The van der Waals surface area contributed by atoms with Gasteiger partial charge in [-0.25, -0.2) is 0 Å². The zero-order valence-corrected chi connectivity index (χ0v) is 32.8. The summed E-state index contributed by atoms with van der Waals surface area (Å²) >= 11 is 0. The monoisotopic (exact) mass is 759 g/mol. The van der Waals surface area contributed by atoms with Crippen molar-refractivity contribution in [3.05, 3.63) is 194 Å². The van der Waals surface area contributed by atoms with Gasteiger partial charge in [0.15, 0.2) is 0 Å². The first kappa shape index (κ1) is 36.0. The van der Waals surface area contributed by atoms with Gasteiger partial charge in [-0.1, -0.05) is 143 Å². The molecule has 284 valence electrons. The molecule has 0 bridgehead atoms. The van der Waals surface area contributed by atoms with Crippen LogP contribution in [0.25, 0.3) is 110 Å². The molecule has 0 fully saturated rings. The predicted octanol–water partition coefficient (Wildman–Crippen LogP) is 15.7. The van der Waals surface area contributed by atoms with E-state index in [0.717, 1.165) is 0 Å². The summed E-state index contributed by atoms with van der Waals surface area (Å²) in [5.74, 6) is 0. The zero-order chi connectivity index (χ0) is 38.9. The summed E-state index contributed by atoms with van der Waals surface area (Å²) in [7, 11) is 2.21. The average Bonchev–Trinajstić information content (AvgIpc) is 3.92. The Morgan fingerprint density at radius 1 is 0.339 bits per heavy atom. The quantitative estimate of drug-likeness (QED) is 0.170. The third-order valence-electron chi connectivity index (χ3n) is 12.0. The van der Waals surface area contributed by atoms with Crippen molar-refractivity contribution in [2.45, 2.75) is 21.3 Å². The number of rotatable bonds is 4. The van der Waals surface area contributed by atoms with Gasteiger partial charge < -0.3 is 13.7 Å². The molecule has 0 spiro atoms. The smallest absolute Gasteiger partial charge is 0.0568 e. The van der Waals surface area contributed by atoms with Gasteiger partial charge in [-0.2, -0.15) is 0 Å². The van der Waals surface area contributed by atoms with E-state index in [0.29, 0.717) is 0 Å². The van der Waals surface area contributed by atoms with Gasteiger partial charge in [0.1, 0.15) is 0 Å². The largest absolute Gasteiger partial charge is 0.343 e. The van der Waals surface area contributed by atoms with Crippen molar-refractivity contribution in [3.8, 4) is 33.6 Å². The van der Waals surface area contributed by atoms with Gasteiger partial charge in [0, 0.05) is 61.8 Å². The molecular weight excluding hydrogens is 715 g/mol. The predicted molar refractivity (Wildman–Crippen MR) is 256 cm³/mol. The van der Waals surface area contributed by atoms with E-state index in [1.54, 1.807) is 0 Å². The Bertz CT molecular complexity index is 3530. The van der Waals surface area contributed by atoms with Gasteiger partial charge in [-0.15, -0.1) is 0 Å². The van der Waals surface area contributed by atoms with Gasteiger partial charge in [-0.05, 0) is 100 Å². The fraction of sp³-hybridized carbons (Fsp3) is 0.0714. The topological polar surface area (TPSA) is 14.8 Å². The Hall–Kier alpha value is -7.36. The normalized spacial score (nSPS) is 11.5. The highest BCUT2D eigenvalue weighted by Gasteiger charge is 2.19. The first-order chi connectivity index (χ1) is 28.7.